The van der Waals surface area contributed by atoms with Crippen molar-refractivity contribution in [1.29, 1.82) is 0 Å². The van der Waals surface area contributed by atoms with Gasteiger partial charge in [-0.25, -0.2) is 0 Å². The molecule has 2 aromatic carbocycles. The number of nitro benzene ring substituents is 1. The van der Waals surface area contributed by atoms with Gasteiger partial charge in [-0.1, -0.05) is 18.2 Å². The Balaban J connectivity index is 2.47. The molecular weight excluding hydrogens is 242 g/mol. The van der Waals surface area contributed by atoms with Gasteiger partial charge in [-0.15, -0.1) is 0 Å². The average Bonchev–Trinajstić information content (AvgIpc) is 2.37. The molecule has 5 heteroatoms. The van der Waals surface area contributed by atoms with Gasteiger partial charge in [0.15, 0.2) is 0 Å². The number of hydrogen-bond donors (Lipinski definition) is 1. The zero-order valence-corrected chi connectivity index (χ0v) is 10.8. The van der Waals surface area contributed by atoms with Gasteiger partial charge in [0.1, 0.15) is 0 Å². The molecule has 98 valence electrons. The number of nitro groups is 1. The number of nitrogens with two attached hydrogens (primary N) is 1. The maximum atomic E-state index is 10.9. The lowest BCUT2D eigenvalue weighted by atomic mass is 10.1. The van der Waals surface area contributed by atoms with E-state index in [4.69, 9.17) is 5.73 Å². The highest BCUT2D eigenvalue weighted by Crippen LogP contribution is 2.31. The smallest absolute Gasteiger partial charge is 0.273 e. The van der Waals surface area contributed by atoms with E-state index in [1.807, 2.05) is 43.1 Å². The van der Waals surface area contributed by atoms with Crippen LogP contribution < -0.4 is 10.6 Å². The lowest BCUT2D eigenvalue weighted by Gasteiger charge is -2.21. The molecule has 0 aromatic heterocycles. The Morgan fingerprint density at radius 3 is 2.53 bits per heavy atom. The van der Waals surface area contributed by atoms with Crippen LogP contribution in [0, 0.1) is 17.0 Å². The summed E-state index contributed by atoms with van der Waals surface area (Å²) in [6, 6.07) is 12.4. The van der Waals surface area contributed by atoms with Gasteiger partial charge in [0.2, 0.25) is 0 Å². The molecule has 2 aromatic rings. The minimum atomic E-state index is -0.439. The van der Waals surface area contributed by atoms with Crippen LogP contribution >= 0.6 is 0 Å². The van der Waals surface area contributed by atoms with Crippen molar-refractivity contribution in [2.24, 2.45) is 0 Å². The molecule has 0 amide bonds. The summed E-state index contributed by atoms with van der Waals surface area (Å²) in [5, 5.41) is 10.9. The molecule has 0 radical (unpaired) electrons. The Morgan fingerprint density at radius 2 is 1.89 bits per heavy atom. The van der Waals surface area contributed by atoms with Crippen molar-refractivity contribution in [2.45, 2.75) is 6.92 Å². The zero-order valence-electron chi connectivity index (χ0n) is 10.8. The summed E-state index contributed by atoms with van der Waals surface area (Å²) in [6.07, 6.45) is 0. The summed E-state index contributed by atoms with van der Waals surface area (Å²) >= 11 is 0. The largest absolute Gasteiger partial charge is 0.398 e. The first-order valence-electron chi connectivity index (χ1n) is 5.83. The fraction of sp³-hybridized carbons (Fsp3) is 0.143. The Kier molecular flexibility index (Phi) is 3.37. The fourth-order valence-electron chi connectivity index (χ4n) is 2.00. The maximum absolute atomic E-state index is 10.9. The molecule has 0 heterocycles. The lowest BCUT2D eigenvalue weighted by molar-refractivity contribution is -0.384. The quantitative estimate of drug-likeness (QED) is 0.520. The normalized spacial score (nSPS) is 10.2. The second-order valence-corrected chi connectivity index (χ2v) is 4.39. The average molecular weight is 257 g/mol. The molecule has 0 atom stereocenters. The Labute approximate surface area is 111 Å². The van der Waals surface area contributed by atoms with Crippen LogP contribution in [0.1, 0.15) is 5.56 Å². The first kappa shape index (κ1) is 12.9. The minimum Gasteiger partial charge on any atom is -0.398 e. The molecule has 0 saturated carbocycles. The van der Waals surface area contributed by atoms with Crippen LogP contribution in [0.15, 0.2) is 42.5 Å². The van der Waals surface area contributed by atoms with Crippen molar-refractivity contribution in [2.75, 3.05) is 17.7 Å². The van der Waals surface area contributed by atoms with E-state index in [1.54, 1.807) is 6.07 Å². The maximum Gasteiger partial charge on any atom is 0.273 e. The number of aryl methyl sites for hydroxylation is 1. The van der Waals surface area contributed by atoms with Gasteiger partial charge in [-0.3, -0.25) is 10.1 Å². The molecule has 19 heavy (non-hydrogen) atoms. The molecule has 0 bridgehead atoms. The van der Waals surface area contributed by atoms with Crippen molar-refractivity contribution in [3.8, 4) is 0 Å². The molecule has 0 fully saturated rings. The number of rotatable bonds is 3. The van der Waals surface area contributed by atoms with Gasteiger partial charge in [0, 0.05) is 36.2 Å². The van der Waals surface area contributed by atoms with Gasteiger partial charge in [0.25, 0.3) is 5.69 Å². The molecule has 5 nitrogen and oxygen atoms in total. The summed E-state index contributed by atoms with van der Waals surface area (Å²) in [6.45, 7) is 1.99. The van der Waals surface area contributed by atoms with Gasteiger partial charge < -0.3 is 10.6 Å². The highest BCUT2D eigenvalue weighted by molar-refractivity contribution is 5.71. The van der Waals surface area contributed by atoms with E-state index >= 15 is 0 Å². The van der Waals surface area contributed by atoms with Crippen molar-refractivity contribution in [1.82, 2.24) is 0 Å². The molecule has 0 saturated heterocycles. The van der Waals surface area contributed by atoms with Crippen molar-refractivity contribution in [3.63, 3.8) is 0 Å². The summed E-state index contributed by atoms with van der Waals surface area (Å²) < 4.78 is 0. The van der Waals surface area contributed by atoms with E-state index < -0.39 is 4.92 Å². The molecule has 0 aliphatic heterocycles. The molecule has 0 aliphatic rings. The third-order valence-corrected chi connectivity index (χ3v) is 3.00. The van der Waals surface area contributed by atoms with Gasteiger partial charge in [-0.05, 0) is 24.6 Å². The van der Waals surface area contributed by atoms with E-state index in [0.717, 1.165) is 11.3 Å². The molecular formula is C14H15N3O2. The highest BCUT2D eigenvalue weighted by Gasteiger charge is 2.13. The molecule has 0 aliphatic carbocycles. The highest BCUT2D eigenvalue weighted by atomic mass is 16.6. The van der Waals surface area contributed by atoms with Crippen LogP contribution in [0.3, 0.4) is 0 Å². The number of non-ortho nitro benzene ring substituents is 1. The first-order valence-corrected chi connectivity index (χ1v) is 5.83. The predicted octanol–water partition coefficient (Wildman–Crippen LogP) is 3.25. The number of hydrogen-bond acceptors (Lipinski definition) is 4. The summed E-state index contributed by atoms with van der Waals surface area (Å²) in [7, 11) is 1.86. The second-order valence-electron chi connectivity index (χ2n) is 4.39. The van der Waals surface area contributed by atoms with Crippen LogP contribution in [0.25, 0.3) is 0 Å². The zero-order chi connectivity index (χ0) is 14.0. The van der Waals surface area contributed by atoms with E-state index in [-0.39, 0.29) is 5.69 Å². The van der Waals surface area contributed by atoms with E-state index in [9.17, 15) is 10.1 Å². The van der Waals surface area contributed by atoms with Crippen LogP contribution in [0.5, 0.6) is 0 Å². The SMILES string of the molecule is Cc1ccccc1N(C)c1cc(N)cc([N+](=O)[O-])c1. The Bertz CT molecular complexity index is 626. The Morgan fingerprint density at radius 1 is 1.21 bits per heavy atom. The predicted molar refractivity (Wildman–Crippen MR) is 76.8 cm³/mol. The second kappa shape index (κ2) is 4.97. The number of nitrogen functional groups attached to an aromatic ring is 1. The van der Waals surface area contributed by atoms with E-state index in [0.29, 0.717) is 11.4 Å². The van der Waals surface area contributed by atoms with Gasteiger partial charge in [0.05, 0.1) is 4.92 Å². The standard InChI is InChI=1S/C14H15N3O2/c1-10-5-3-4-6-14(10)16(2)12-7-11(15)8-13(9-12)17(18)19/h3-9H,15H2,1-2H3. The van der Waals surface area contributed by atoms with Crippen LogP contribution in [0.2, 0.25) is 0 Å². The minimum absolute atomic E-state index is 0.00423. The van der Waals surface area contributed by atoms with E-state index in [1.165, 1.54) is 12.1 Å². The first-order chi connectivity index (χ1) is 8.99. The number of benzene rings is 2. The summed E-state index contributed by atoms with van der Waals surface area (Å²) in [5.41, 5.74) is 8.87. The third-order valence-electron chi connectivity index (χ3n) is 3.00. The topological polar surface area (TPSA) is 72.4 Å². The van der Waals surface area contributed by atoms with Crippen LogP contribution in [-0.4, -0.2) is 12.0 Å². The van der Waals surface area contributed by atoms with Gasteiger partial charge in [-0.2, -0.15) is 0 Å². The van der Waals surface area contributed by atoms with Crippen LogP contribution in [0.4, 0.5) is 22.7 Å². The van der Waals surface area contributed by atoms with Crippen molar-refractivity contribution in [3.05, 3.63) is 58.1 Å². The molecule has 2 rings (SSSR count). The molecule has 2 N–H and O–H groups in total. The molecule has 0 spiro atoms. The summed E-state index contributed by atoms with van der Waals surface area (Å²) in [5.74, 6) is 0. The van der Waals surface area contributed by atoms with Crippen molar-refractivity contribution < 1.29 is 4.92 Å². The Hall–Kier alpha value is -2.56. The lowest BCUT2D eigenvalue weighted by Crippen LogP contribution is -2.11. The fourth-order valence-corrected chi connectivity index (χ4v) is 2.00. The summed E-state index contributed by atoms with van der Waals surface area (Å²) in [4.78, 5) is 12.3. The number of para-hydroxylation sites is 1. The molecule has 0 unspecified atom stereocenters. The third kappa shape index (κ3) is 2.65. The monoisotopic (exact) mass is 257 g/mol. The number of anilines is 3. The number of nitrogens with zero attached hydrogens (tertiary/aromatic N) is 2. The van der Waals surface area contributed by atoms with E-state index in [2.05, 4.69) is 0 Å². The van der Waals surface area contributed by atoms with Gasteiger partial charge >= 0.3 is 0 Å². The van der Waals surface area contributed by atoms with Crippen LogP contribution in [-0.2, 0) is 0 Å². The van der Waals surface area contributed by atoms with Crippen molar-refractivity contribution >= 4 is 22.7 Å².